The van der Waals surface area contributed by atoms with E-state index in [1.807, 2.05) is 97.1 Å². The molecule has 0 saturated heterocycles. The van der Waals surface area contributed by atoms with Crippen LogP contribution in [0.4, 0.5) is 5.69 Å². The molecule has 0 aliphatic carbocycles. The monoisotopic (exact) mass is 515 g/mol. The number of fused-ring (bicyclic) bond motifs is 1. The number of rotatable bonds is 8. The van der Waals surface area contributed by atoms with E-state index >= 15 is 0 Å². The molecule has 7 nitrogen and oxygen atoms in total. The highest BCUT2D eigenvalue weighted by atomic mass is 16.5. The normalized spacial score (nSPS) is 10.8. The summed E-state index contributed by atoms with van der Waals surface area (Å²) in [5.41, 5.74) is 4.47. The van der Waals surface area contributed by atoms with Gasteiger partial charge in [-0.2, -0.15) is 5.10 Å². The van der Waals surface area contributed by atoms with E-state index in [1.165, 1.54) is 6.21 Å². The van der Waals surface area contributed by atoms with Gasteiger partial charge in [0.25, 0.3) is 0 Å². The predicted octanol–water partition coefficient (Wildman–Crippen LogP) is 6.30. The molecule has 5 rings (SSSR count). The Labute approximate surface area is 225 Å². The number of nitrogens with zero attached hydrogens (tertiary/aromatic N) is 1. The van der Waals surface area contributed by atoms with Gasteiger partial charge in [-0.05, 0) is 58.8 Å². The van der Waals surface area contributed by atoms with E-state index in [0.717, 1.165) is 16.3 Å². The van der Waals surface area contributed by atoms with Gasteiger partial charge < -0.3 is 14.8 Å². The molecule has 0 aliphatic rings. The Balaban J connectivity index is 1.23. The second-order valence-electron chi connectivity index (χ2n) is 8.57. The van der Waals surface area contributed by atoms with Crippen LogP contribution in [0.3, 0.4) is 0 Å². The Morgan fingerprint density at radius 1 is 0.692 bits per heavy atom. The molecular weight excluding hydrogens is 490 g/mol. The van der Waals surface area contributed by atoms with E-state index in [1.54, 1.807) is 24.3 Å². The van der Waals surface area contributed by atoms with Gasteiger partial charge in [-0.15, -0.1) is 0 Å². The molecule has 192 valence electrons. The lowest BCUT2D eigenvalue weighted by Gasteiger charge is -2.12. The van der Waals surface area contributed by atoms with Gasteiger partial charge in [-0.25, -0.2) is 5.43 Å². The summed E-state index contributed by atoms with van der Waals surface area (Å²) < 4.78 is 11.8. The number of hydrogen-bond acceptors (Lipinski definition) is 5. The average Bonchev–Trinajstić information content (AvgIpc) is 2.98. The van der Waals surface area contributed by atoms with Crippen LogP contribution >= 0.6 is 0 Å². The van der Waals surface area contributed by atoms with Gasteiger partial charge in [0.05, 0.1) is 6.21 Å². The maximum absolute atomic E-state index is 12.4. The number of carbonyl (C=O) groups is 2. The number of amides is 2. The second-order valence-corrected chi connectivity index (χ2v) is 8.57. The van der Waals surface area contributed by atoms with Crippen LogP contribution in [-0.4, -0.2) is 18.0 Å². The molecule has 2 N–H and O–H groups in total. The lowest BCUT2D eigenvalue weighted by atomic mass is 10.0. The third-order valence-electron chi connectivity index (χ3n) is 5.82. The molecule has 39 heavy (non-hydrogen) atoms. The predicted molar refractivity (Wildman–Crippen MR) is 152 cm³/mol. The lowest BCUT2D eigenvalue weighted by molar-refractivity contribution is -0.136. The first-order valence-corrected chi connectivity index (χ1v) is 12.3. The van der Waals surface area contributed by atoms with Gasteiger partial charge in [0.15, 0.2) is 0 Å². The van der Waals surface area contributed by atoms with Crippen molar-refractivity contribution in [1.82, 2.24) is 5.43 Å². The van der Waals surface area contributed by atoms with Crippen LogP contribution in [-0.2, 0) is 16.2 Å². The minimum Gasteiger partial charge on any atom is -0.488 e. The van der Waals surface area contributed by atoms with Crippen LogP contribution in [0.2, 0.25) is 0 Å². The molecule has 0 aromatic heterocycles. The van der Waals surface area contributed by atoms with E-state index in [2.05, 4.69) is 15.8 Å². The van der Waals surface area contributed by atoms with Gasteiger partial charge in [0.2, 0.25) is 0 Å². The largest absolute Gasteiger partial charge is 0.488 e. The van der Waals surface area contributed by atoms with E-state index < -0.39 is 11.8 Å². The van der Waals surface area contributed by atoms with Crippen LogP contribution in [0.5, 0.6) is 17.2 Å². The summed E-state index contributed by atoms with van der Waals surface area (Å²) in [4.78, 5) is 24.8. The Morgan fingerprint density at radius 3 is 2.13 bits per heavy atom. The van der Waals surface area contributed by atoms with Crippen molar-refractivity contribution in [3.63, 3.8) is 0 Å². The molecule has 0 bridgehead atoms. The van der Waals surface area contributed by atoms with E-state index in [4.69, 9.17) is 9.47 Å². The molecule has 0 spiro atoms. The molecule has 7 heteroatoms. The fourth-order valence-corrected chi connectivity index (χ4v) is 3.89. The van der Waals surface area contributed by atoms with Crippen molar-refractivity contribution >= 4 is 34.5 Å². The van der Waals surface area contributed by atoms with E-state index in [-0.39, 0.29) is 0 Å². The zero-order valence-corrected chi connectivity index (χ0v) is 20.9. The maximum atomic E-state index is 12.4. The first-order valence-electron chi connectivity index (χ1n) is 12.3. The van der Waals surface area contributed by atoms with Crippen molar-refractivity contribution in [3.8, 4) is 17.2 Å². The van der Waals surface area contributed by atoms with Crippen molar-refractivity contribution in [2.75, 3.05) is 5.32 Å². The number of carbonyl (C=O) groups excluding carboxylic acids is 2. The van der Waals surface area contributed by atoms with Crippen LogP contribution < -0.4 is 20.2 Å². The van der Waals surface area contributed by atoms with Gasteiger partial charge in [0.1, 0.15) is 23.9 Å². The molecule has 0 unspecified atom stereocenters. The van der Waals surface area contributed by atoms with Crippen LogP contribution in [0.15, 0.2) is 126 Å². The topological polar surface area (TPSA) is 89.0 Å². The third kappa shape index (κ3) is 6.67. The molecule has 0 aliphatic heterocycles. The lowest BCUT2D eigenvalue weighted by Crippen LogP contribution is -2.32. The number of ether oxygens (including phenoxy) is 2. The first kappa shape index (κ1) is 25.2. The second kappa shape index (κ2) is 12.2. The maximum Gasteiger partial charge on any atom is 0.329 e. The van der Waals surface area contributed by atoms with E-state index in [9.17, 15) is 9.59 Å². The van der Waals surface area contributed by atoms with Crippen LogP contribution in [0.1, 0.15) is 11.1 Å². The number of anilines is 1. The molecule has 5 aromatic carbocycles. The SMILES string of the molecule is O=C(N/N=C/c1c(OCc2ccccc2)ccc2ccccc12)C(=O)Nc1ccc(Oc2ccccc2)cc1. The van der Waals surface area contributed by atoms with Gasteiger partial charge in [-0.1, -0.05) is 78.9 Å². The average molecular weight is 516 g/mol. The van der Waals surface area contributed by atoms with Gasteiger partial charge in [-0.3, -0.25) is 9.59 Å². The Morgan fingerprint density at radius 2 is 1.36 bits per heavy atom. The standard InChI is InChI=1S/C32H25N3O4/c36-31(34-25-16-18-27(19-17-25)39-26-12-5-2-6-13-26)32(37)35-33-21-29-28-14-8-7-11-24(28)15-20-30(29)38-22-23-9-3-1-4-10-23/h1-21H,22H2,(H,34,36)(H,35,37)/b33-21+. The van der Waals surface area contributed by atoms with Crippen LogP contribution in [0.25, 0.3) is 10.8 Å². The quantitative estimate of drug-likeness (QED) is 0.144. The Bertz CT molecular complexity index is 1600. The number of nitrogens with one attached hydrogen (secondary N) is 2. The zero-order valence-electron chi connectivity index (χ0n) is 20.9. The van der Waals surface area contributed by atoms with Crippen LogP contribution in [0, 0.1) is 0 Å². The Hall–Kier alpha value is -5.43. The fraction of sp³-hybridized carbons (Fsp3) is 0.0312. The first-order chi connectivity index (χ1) is 19.2. The number of hydrazone groups is 1. The summed E-state index contributed by atoms with van der Waals surface area (Å²) in [5.74, 6) is 0.169. The molecule has 0 radical (unpaired) electrons. The Kier molecular flexibility index (Phi) is 7.90. The summed E-state index contributed by atoms with van der Waals surface area (Å²) in [7, 11) is 0. The summed E-state index contributed by atoms with van der Waals surface area (Å²) >= 11 is 0. The molecular formula is C32H25N3O4. The summed E-state index contributed by atoms with van der Waals surface area (Å²) in [5, 5.41) is 8.50. The molecule has 0 fully saturated rings. The molecule has 5 aromatic rings. The summed E-state index contributed by atoms with van der Waals surface area (Å²) in [6.07, 6.45) is 1.49. The summed E-state index contributed by atoms with van der Waals surface area (Å²) in [6.45, 7) is 0.379. The van der Waals surface area contributed by atoms with Crippen molar-refractivity contribution in [2.24, 2.45) is 5.10 Å². The highest BCUT2D eigenvalue weighted by molar-refractivity contribution is 6.39. The zero-order chi connectivity index (χ0) is 26.9. The van der Waals surface area contributed by atoms with Crippen molar-refractivity contribution in [2.45, 2.75) is 6.61 Å². The highest BCUT2D eigenvalue weighted by Gasteiger charge is 2.14. The minimum atomic E-state index is -0.900. The number of hydrogen-bond donors (Lipinski definition) is 2. The fourth-order valence-electron chi connectivity index (χ4n) is 3.89. The molecule has 0 atom stereocenters. The van der Waals surface area contributed by atoms with Gasteiger partial charge in [0, 0.05) is 11.3 Å². The smallest absolute Gasteiger partial charge is 0.329 e. The highest BCUT2D eigenvalue weighted by Crippen LogP contribution is 2.27. The third-order valence-corrected chi connectivity index (χ3v) is 5.82. The molecule has 0 saturated carbocycles. The summed E-state index contributed by atoms with van der Waals surface area (Å²) in [6, 6.07) is 37.5. The molecule has 2 amide bonds. The van der Waals surface area contributed by atoms with Crippen molar-refractivity contribution in [3.05, 3.63) is 132 Å². The minimum absolute atomic E-state index is 0.379. The number of para-hydroxylation sites is 1. The van der Waals surface area contributed by atoms with Crippen molar-refractivity contribution < 1.29 is 19.1 Å². The van der Waals surface area contributed by atoms with Gasteiger partial charge >= 0.3 is 11.8 Å². The van der Waals surface area contributed by atoms with Crippen molar-refractivity contribution in [1.29, 1.82) is 0 Å². The van der Waals surface area contributed by atoms with E-state index in [0.29, 0.717) is 35.1 Å². The molecule has 0 heterocycles. The number of benzene rings is 5.